The number of likely N-dealkylation sites (tertiary alicyclic amines) is 1. The number of hydrogen-bond donors (Lipinski definition) is 3. The quantitative estimate of drug-likeness (QED) is 0.397. The van der Waals surface area contributed by atoms with Crippen LogP contribution < -0.4 is 10.1 Å². The van der Waals surface area contributed by atoms with Gasteiger partial charge in [0.2, 0.25) is 0 Å². The maximum absolute atomic E-state index is 14.1. The lowest BCUT2D eigenvalue weighted by Gasteiger charge is -2.53. The molecule has 0 saturated carbocycles. The Morgan fingerprint density at radius 3 is 2.45 bits per heavy atom. The molecule has 216 valence electrons. The molecule has 5 rings (SSSR count). The average molecular weight is 585 g/mol. The predicted octanol–water partition coefficient (Wildman–Crippen LogP) is 4.25. The summed E-state index contributed by atoms with van der Waals surface area (Å²) in [6.45, 7) is -0.0741. The number of aromatic nitrogens is 1. The van der Waals surface area contributed by atoms with Crippen LogP contribution in [-0.4, -0.2) is 72.6 Å². The summed E-state index contributed by atoms with van der Waals surface area (Å²) in [6, 6.07) is 10.1. The smallest absolute Gasteiger partial charge is 0.497 e. The summed E-state index contributed by atoms with van der Waals surface area (Å²) in [4.78, 5) is 17.4. The third kappa shape index (κ3) is 4.29. The van der Waals surface area contributed by atoms with E-state index in [4.69, 9.17) is 4.74 Å². The number of H-pyrrole nitrogens is 1. The summed E-state index contributed by atoms with van der Waals surface area (Å²) >= 11 is 0. The van der Waals surface area contributed by atoms with Crippen LogP contribution in [0.25, 0.3) is 10.9 Å². The van der Waals surface area contributed by atoms with Gasteiger partial charge in [0, 0.05) is 47.7 Å². The van der Waals surface area contributed by atoms with Gasteiger partial charge in [-0.1, -0.05) is 12.1 Å². The molecule has 40 heavy (non-hydrogen) atoms. The second-order valence-electron chi connectivity index (χ2n) is 10.4. The normalized spacial score (nSPS) is 21.4. The SMILES string of the molecule is COc1ccc2c3c([nH]c2c1)[C@@](C)(CO)N(S(=O)(=O)C(F)(F)F)CC31CCN(C(=O)Nc2ccccc2F)CC1. The van der Waals surface area contributed by atoms with Crippen molar-refractivity contribution in [2.45, 2.75) is 36.2 Å². The summed E-state index contributed by atoms with van der Waals surface area (Å²) in [5.41, 5.74) is -7.41. The first-order valence-corrected chi connectivity index (χ1v) is 13.9. The van der Waals surface area contributed by atoms with Gasteiger partial charge >= 0.3 is 21.6 Å². The first-order chi connectivity index (χ1) is 18.8. The predicted molar refractivity (Wildman–Crippen MR) is 139 cm³/mol. The fourth-order valence-corrected chi connectivity index (χ4v) is 7.19. The molecular formula is C26H28F4N4O5S. The van der Waals surface area contributed by atoms with Crippen molar-refractivity contribution in [3.63, 3.8) is 0 Å². The molecular weight excluding hydrogens is 556 g/mol. The second kappa shape index (κ2) is 9.63. The van der Waals surface area contributed by atoms with Gasteiger partial charge in [-0.15, -0.1) is 0 Å². The summed E-state index contributed by atoms with van der Waals surface area (Å²) in [7, 11) is -4.41. The van der Waals surface area contributed by atoms with Gasteiger partial charge in [0.25, 0.3) is 0 Å². The number of aliphatic hydroxyl groups excluding tert-OH is 1. The van der Waals surface area contributed by atoms with Crippen molar-refractivity contribution in [1.29, 1.82) is 0 Å². The van der Waals surface area contributed by atoms with Crippen LogP contribution in [0.3, 0.4) is 0 Å². The monoisotopic (exact) mass is 584 g/mol. The Morgan fingerprint density at radius 1 is 1.18 bits per heavy atom. The van der Waals surface area contributed by atoms with Crippen LogP contribution >= 0.6 is 0 Å². The summed E-state index contributed by atoms with van der Waals surface area (Å²) < 4.78 is 87.2. The van der Waals surface area contributed by atoms with E-state index in [2.05, 4.69) is 10.3 Å². The molecule has 1 saturated heterocycles. The van der Waals surface area contributed by atoms with Gasteiger partial charge in [-0.05, 0) is 49.6 Å². The number of nitrogens with one attached hydrogen (secondary N) is 2. The highest BCUT2D eigenvalue weighted by atomic mass is 32.2. The van der Waals surface area contributed by atoms with Crippen molar-refractivity contribution in [3.8, 4) is 5.75 Å². The summed E-state index contributed by atoms with van der Waals surface area (Å²) in [6.07, 6.45) is 0.240. The lowest BCUT2D eigenvalue weighted by Crippen LogP contribution is -2.63. The number of carbonyl (C=O) groups excluding carboxylic acids is 1. The van der Waals surface area contributed by atoms with Crippen molar-refractivity contribution in [2.75, 3.05) is 38.7 Å². The first kappa shape index (κ1) is 28.2. The van der Waals surface area contributed by atoms with E-state index in [1.165, 1.54) is 37.1 Å². The van der Waals surface area contributed by atoms with E-state index in [1.807, 2.05) is 0 Å². The number of aliphatic hydroxyl groups is 1. The number of alkyl halides is 3. The molecule has 2 aliphatic heterocycles. The number of para-hydroxylation sites is 1. The number of nitrogens with zero attached hydrogens (tertiary/aromatic N) is 2. The number of sulfonamides is 1. The highest BCUT2D eigenvalue weighted by molar-refractivity contribution is 7.90. The number of ether oxygens (including phenoxy) is 1. The van der Waals surface area contributed by atoms with E-state index >= 15 is 0 Å². The molecule has 1 spiro atoms. The molecule has 0 bridgehead atoms. The molecule has 2 amide bonds. The topological polar surface area (TPSA) is 115 Å². The van der Waals surface area contributed by atoms with E-state index in [1.54, 1.807) is 24.3 Å². The molecule has 3 heterocycles. The summed E-state index contributed by atoms with van der Waals surface area (Å²) in [5.74, 6) is -0.142. The van der Waals surface area contributed by atoms with Crippen molar-refractivity contribution in [2.24, 2.45) is 0 Å². The second-order valence-corrected chi connectivity index (χ2v) is 12.2. The zero-order valence-electron chi connectivity index (χ0n) is 21.7. The maximum Gasteiger partial charge on any atom is 0.511 e. The zero-order valence-corrected chi connectivity index (χ0v) is 22.5. The molecule has 1 atom stereocenters. The number of hydrogen-bond acceptors (Lipinski definition) is 5. The molecule has 9 nitrogen and oxygen atoms in total. The van der Waals surface area contributed by atoms with Crippen molar-refractivity contribution >= 4 is 32.6 Å². The van der Waals surface area contributed by atoms with Gasteiger partial charge in [0.05, 0.1) is 24.9 Å². The van der Waals surface area contributed by atoms with Gasteiger partial charge in [0.15, 0.2) is 0 Å². The Kier molecular flexibility index (Phi) is 6.78. The van der Waals surface area contributed by atoms with Gasteiger partial charge in [-0.2, -0.15) is 17.5 Å². The van der Waals surface area contributed by atoms with E-state index in [0.29, 0.717) is 26.5 Å². The number of halogens is 4. The molecule has 0 unspecified atom stereocenters. The van der Waals surface area contributed by atoms with Crippen LogP contribution in [0.2, 0.25) is 0 Å². The van der Waals surface area contributed by atoms with E-state index in [9.17, 15) is 35.9 Å². The van der Waals surface area contributed by atoms with Crippen LogP contribution in [0.5, 0.6) is 5.75 Å². The third-order valence-electron chi connectivity index (χ3n) is 8.09. The number of urea groups is 1. The van der Waals surface area contributed by atoms with Crippen LogP contribution in [-0.2, 0) is 21.0 Å². The molecule has 14 heteroatoms. The largest absolute Gasteiger partial charge is 0.511 e. The molecule has 3 aromatic rings. The third-order valence-corrected chi connectivity index (χ3v) is 9.78. The van der Waals surface area contributed by atoms with E-state index in [0.717, 1.165) is 0 Å². The fraction of sp³-hybridized carbons (Fsp3) is 0.423. The number of fused-ring (bicyclic) bond motifs is 4. The van der Waals surface area contributed by atoms with Gasteiger partial charge in [-0.25, -0.2) is 17.6 Å². The van der Waals surface area contributed by atoms with Crippen LogP contribution in [0, 0.1) is 5.82 Å². The van der Waals surface area contributed by atoms with Crippen LogP contribution in [0.4, 0.5) is 28.0 Å². The highest BCUT2D eigenvalue weighted by Gasteiger charge is 2.62. The lowest BCUT2D eigenvalue weighted by atomic mass is 9.67. The van der Waals surface area contributed by atoms with Crippen LogP contribution in [0.15, 0.2) is 42.5 Å². The van der Waals surface area contributed by atoms with E-state index in [-0.39, 0.29) is 37.3 Å². The number of piperidine rings is 1. The van der Waals surface area contributed by atoms with E-state index < -0.39 is 51.5 Å². The molecule has 2 aliphatic rings. The Hall–Kier alpha value is -3.36. The van der Waals surface area contributed by atoms with Crippen molar-refractivity contribution in [3.05, 3.63) is 59.5 Å². The number of aromatic amines is 1. The minimum absolute atomic E-state index is 0.0144. The molecule has 1 fully saturated rings. The van der Waals surface area contributed by atoms with Gasteiger partial charge < -0.3 is 25.0 Å². The van der Waals surface area contributed by atoms with Crippen molar-refractivity contribution in [1.82, 2.24) is 14.2 Å². The molecule has 0 radical (unpaired) electrons. The van der Waals surface area contributed by atoms with Gasteiger partial charge in [0.1, 0.15) is 11.6 Å². The van der Waals surface area contributed by atoms with Crippen LogP contribution in [0.1, 0.15) is 31.0 Å². The van der Waals surface area contributed by atoms with Crippen molar-refractivity contribution < 1.29 is 40.6 Å². The maximum atomic E-state index is 14.1. The Balaban J connectivity index is 1.58. The molecule has 3 N–H and O–H groups in total. The molecule has 0 aliphatic carbocycles. The minimum Gasteiger partial charge on any atom is -0.497 e. The Morgan fingerprint density at radius 2 is 1.85 bits per heavy atom. The van der Waals surface area contributed by atoms with Gasteiger partial charge in [-0.3, -0.25) is 0 Å². The highest BCUT2D eigenvalue weighted by Crippen LogP contribution is 2.53. The Bertz CT molecular complexity index is 1570. The average Bonchev–Trinajstić information content (AvgIpc) is 3.32. The summed E-state index contributed by atoms with van der Waals surface area (Å²) in [5, 5.41) is 13.5. The molecule has 1 aromatic heterocycles. The zero-order chi connectivity index (χ0) is 29.1. The first-order valence-electron chi connectivity index (χ1n) is 12.5. The number of rotatable bonds is 4. The number of carbonyl (C=O) groups is 1. The Labute approximate surface area is 227 Å². The number of anilines is 1. The minimum atomic E-state index is -5.87. The number of methoxy groups -OCH3 is 1. The number of amides is 2. The fourth-order valence-electron chi connectivity index (χ4n) is 5.85. The molecule has 2 aromatic carbocycles. The lowest BCUT2D eigenvalue weighted by molar-refractivity contribution is -0.0576. The number of benzene rings is 2. The standard InChI is InChI=1S/C26H28F4N4O5S/c1-24(15-35)22-21(17-8-7-16(39-2)13-20(17)31-22)25(14-34(24)40(37,38)26(28,29)30)9-11-33(12-10-25)23(36)32-19-6-4-3-5-18(19)27/h3-8,13,31,35H,9-12,14-15H2,1-2H3,(H,32,36)/t24-/m1/s1.